The van der Waals surface area contributed by atoms with Gasteiger partial charge in [0.1, 0.15) is 0 Å². The van der Waals surface area contributed by atoms with Crippen molar-refractivity contribution >= 4 is 21.9 Å². The second kappa shape index (κ2) is 3.53. The number of carbonyl (C=O) groups is 1. The fraction of sp³-hybridized carbons (Fsp3) is 0.143. The highest BCUT2D eigenvalue weighted by Crippen LogP contribution is 2.19. The molecule has 0 atom stereocenters. The minimum absolute atomic E-state index is 0.141. The molecule has 0 spiro atoms. The number of rotatable bonds is 2. The summed E-state index contributed by atoms with van der Waals surface area (Å²) >= 11 is 3.06. The number of ether oxygens (including phenoxy) is 1. The van der Waals surface area contributed by atoms with Crippen molar-refractivity contribution < 1.29 is 14.6 Å². The predicted molar refractivity (Wildman–Crippen MR) is 45.4 cm³/mol. The van der Waals surface area contributed by atoms with Gasteiger partial charge in [0.25, 0.3) is 0 Å². The van der Waals surface area contributed by atoms with Gasteiger partial charge in [0.2, 0.25) is 5.88 Å². The number of pyridine rings is 1. The molecule has 0 saturated heterocycles. The maximum absolute atomic E-state index is 10.6. The number of aromatic nitrogens is 1. The second-order valence-electron chi connectivity index (χ2n) is 2.01. The molecule has 1 N–H and O–H groups in total. The number of carboxylic acid groups (broad SMARTS) is 1. The molecule has 0 aromatic carbocycles. The highest BCUT2D eigenvalue weighted by molar-refractivity contribution is 9.10. The lowest BCUT2D eigenvalue weighted by atomic mass is 10.3. The molecule has 0 unspecified atom stereocenters. The van der Waals surface area contributed by atoms with Gasteiger partial charge < -0.3 is 9.84 Å². The van der Waals surface area contributed by atoms with Gasteiger partial charge in [-0.1, -0.05) is 0 Å². The van der Waals surface area contributed by atoms with Gasteiger partial charge in [-0.25, -0.2) is 9.78 Å². The first-order valence-corrected chi connectivity index (χ1v) is 3.87. The minimum atomic E-state index is -1.01. The number of aromatic carboxylic acids is 1. The Labute approximate surface area is 77.3 Å². The van der Waals surface area contributed by atoms with E-state index in [0.29, 0.717) is 4.47 Å². The average molecular weight is 232 g/mol. The molecule has 4 nitrogen and oxygen atoms in total. The molecule has 0 saturated carbocycles. The van der Waals surface area contributed by atoms with Gasteiger partial charge in [-0.3, -0.25) is 0 Å². The van der Waals surface area contributed by atoms with Crippen LogP contribution in [0.1, 0.15) is 10.4 Å². The summed E-state index contributed by atoms with van der Waals surface area (Å²) in [6, 6.07) is 1.35. The summed E-state index contributed by atoms with van der Waals surface area (Å²) in [5, 5.41) is 8.67. The largest absolute Gasteiger partial charge is 0.481 e. The Bertz CT molecular complexity index is 314. The van der Waals surface area contributed by atoms with E-state index in [1.54, 1.807) is 0 Å². The molecule has 0 fully saturated rings. The van der Waals surface area contributed by atoms with Gasteiger partial charge in [-0.15, -0.1) is 0 Å². The molecule has 1 rings (SSSR count). The van der Waals surface area contributed by atoms with Crippen LogP contribution in [0.4, 0.5) is 0 Å². The van der Waals surface area contributed by atoms with Crippen LogP contribution in [0.2, 0.25) is 0 Å². The second-order valence-corrected chi connectivity index (χ2v) is 2.87. The summed E-state index contributed by atoms with van der Waals surface area (Å²) in [5.74, 6) is -0.724. The Morgan fingerprint density at radius 3 is 2.92 bits per heavy atom. The van der Waals surface area contributed by atoms with Crippen molar-refractivity contribution in [2.75, 3.05) is 7.11 Å². The Kier molecular flexibility index (Phi) is 2.65. The number of carboxylic acids is 1. The van der Waals surface area contributed by atoms with E-state index in [9.17, 15) is 4.79 Å². The van der Waals surface area contributed by atoms with Crippen LogP contribution in [0.3, 0.4) is 0 Å². The third-order valence-electron chi connectivity index (χ3n) is 1.27. The molecular formula is C7H6BrNO3. The first-order chi connectivity index (χ1) is 5.65. The fourth-order valence-corrected chi connectivity index (χ4v) is 1.08. The SMILES string of the molecule is COc1cc(C(=O)O)c(Br)cn1. The summed E-state index contributed by atoms with van der Waals surface area (Å²) in [7, 11) is 1.43. The topological polar surface area (TPSA) is 59.4 Å². The minimum Gasteiger partial charge on any atom is -0.481 e. The third kappa shape index (κ3) is 1.73. The standard InChI is InChI=1S/C7H6BrNO3/c1-12-6-2-4(7(10)11)5(8)3-9-6/h2-3H,1H3,(H,10,11). The van der Waals surface area contributed by atoms with E-state index in [0.717, 1.165) is 0 Å². The molecule has 0 aliphatic rings. The highest BCUT2D eigenvalue weighted by atomic mass is 79.9. The zero-order valence-corrected chi connectivity index (χ0v) is 7.83. The summed E-state index contributed by atoms with van der Waals surface area (Å²) < 4.78 is 5.21. The zero-order chi connectivity index (χ0) is 9.14. The van der Waals surface area contributed by atoms with Crippen LogP contribution < -0.4 is 4.74 Å². The van der Waals surface area contributed by atoms with Crippen LogP contribution in [0, 0.1) is 0 Å². The van der Waals surface area contributed by atoms with Crippen LogP contribution in [0.15, 0.2) is 16.7 Å². The summed E-state index contributed by atoms with van der Waals surface area (Å²) in [4.78, 5) is 14.4. The van der Waals surface area contributed by atoms with E-state index in [1.165, 1.54) is 19.4 Å². The first-order valence-electron chi connectivity index (χ1n) is 3.08. The predicted octanol–water partition coefficient (Wildman–Crippen LogP) is 1.55. The molecule has 0 aliphatic heterocycles. The van der Waals surface area contributed by atoms with Crippen LogP contribution >= 0.6 is 15.9 Å². The summed E-state index contributed by atoms with van der Waals surface area (Å²) in [6.45, 7) is 0. The molecule has 0 radical (unpaired) electrons. The van der Waals surface area contributed by atoms with Crippen molar-refractivity contribution in [2.24, 2.45) is 0 Å². The average Bonchev–Trinajstić information content (AvgIpc) is 2.05. The lowest BCUT2D eigenvalue weighted by molar-refractivity contribution is 0.0695. The first kappa shape index (κ1) is 8.99. The van der Waals surface area contributed by atoms with Crippen molar-refractivity contribution in [1.82, 2.24) is 4.98 Å². The third-order valence-corrected chi connectivity index (χ3v) is 1.90. The van der Waals surface area contributed by atoms with Crippen molar-refractivity contribution in [3.8, 4) is 5.88 Å². The molecule has 1 heterocycles. The van der Waals surface area contributed by atoms with Gasteiger partial charge in [0.05, 0.1) is 17.1 Å². The molecule has 0 bridgehead atoms. The molecule has 12 heavy (non-hydrogen) atoms. The van der Waals surface area contributed by atoms with E-state index in [1.807, 2.05) is 0 Å². The number of nitrogens with zero attached hydrogens (tertiary/aromatic N) is 1. The smallest absolute Gasteiger partial charge is 0.337 e. The number of hydrogen-bond donors (Lipinski definition) is 1. The monoisotopic (exact) mass is 231 g/mol. The van der Waals surface area contributed by atoms with E-state index in [-0.39, 0.29) is 11.4 Å². The quantitative estimate of drug-likeness (QED) is 0.840. The summed E-state index contributed by atoms with van der Waals surface area (Å²) in [5.41, 5.74) is 0.141. The number of hydrogen-bond acceptors (Lipinski definition) is 3. The van der Waals surface area contributed by atoms with Gasteiger partial charge in [-0.2, -0.15) is 0 Å². The van der Waals surface area contributed by atoms with Crippen molar-refractivity contribution in [2.45, 2.75) is 0 Å². The maximum Gasteiger partial charge on any atom is 0.337 e. The Morgan fingerprint density at radius 1 is 1.75 bits per heavy atom. The van der Waals surface area contributed by atoms with Crippen LogP contribution in [-0.4, -0.2) is 23.2 Å². The van der Waals surface area contributed by atoms with Gasteiger partial charge in [0.15, 0.2) is 0 Å². The molecule has 64 valence electrons. The van der Waals surface area contributed by atoms with Crippen LogP contribution in [-0.2, 0) is 0 Å². The number of halogens is 1. The maximum atomic E-state index is 10.6. The Morgan fingerprint density at radius 2 is 2.42 bits per heavy atom. The zero-order valence-electron chi connectivity index (χ0n) is 6.24. The molecule has 0 aliphatic carbocycles. The lowest BCUT2D eigenvalue weighted by Gasteiger charge is -2.01. The van der Waals surface area contributed by atoms with Gasteiger partial charge in [0, 0.05) is 12.3 Å². The number of methoxy groups -OCH3 is 1. The normalized spacial score (nSPS) is 9.50. The van der Waals surface area contributed by atoms with Crippen LogP contribution in [0.5, 0.6) is 5.88 Å². The molecular weight excluding hydrogens is 226 g/mol. The van der Waals surface area contributed by atoms with E-state index in [2.05, 4.69) is 20.9 Å². The van der Waals surface area contributed by atoms with Crippen molar-refractivity contribution in [1.29, 1.82) is 0 Å². The van der Waals surface area contributed by atoms with Crippen LogP contribution in [0.25, 0.3) is 0 Å². The fourth-order valence-electron chi connectivity index (χ4n) is 0.695. The highest BCUT2D eigenvalue weighted by Gasteiger charge is 2.09. The van der Waals surface area contributed by atoms with Crippen molar-refractivity contribution in [3.05, 3.63) is 22.3 Å². The van der Waals surface area contributed by atoms with Gasteiger partial charge in [-0.05, 0) is 15.9 Å². The Balaban J connectivity index is 3.17. The van der Waals surface area contributed by atoms with E-state index in [4.69, 9.17) is 9.84 Å². The Hall–Kier alpha value is -1.10. The molecule has 5 heteroatoms. The molecule has 1 aromatic rings. The molecule has 1 aromatic heterocycles. The molecule has 0 amide bonds. The van der Waals surface area contributed by atoms with Gasteiger partial charge >= 0.3 is 5.97 Å². The summed E-state index contributed by atoms with van der Waals surface area (Å²) in [6.07, 6.45) is 1.39. The van der Waals surface area contributed by atoms with E-state index >= 15 is 0 Å². The van der Waals surface area contributed by atoms with Crippen molar-refractivity contribution in [3.63, 3.8) is 0 Å². The lowest BCUT2D eigenvalue weighted by Crippen LogP contribution is -1.99. The van der Waals surface area contributed by atoms with E-state index < -0.39 is 5.97 Å².